The van der Waals surface area contributed by atoms with Gasteiger partial charge < -0.3 is 13.7 Å². The lowest BCUT2D eigenvalue weighted by atomic mass is 9.98. The van der Waals surface area contributed by atoms with Gasteiger partial charge in [0.15, 0.2) is 5.58 Å². The lowest BCUT2D eigenvalue weighted by Crippen LogP contribution is -2.11. The molecule has 0 saturated carbocycles. The van der Waals surface area contributed by atoms with E-state index in [0.717, 1.165) is 83.2 Å². The van der Waals surface area contributed by atoms with Gasteiger partial charge in [-0.2, -0.15) is 0 Å². The lowest BCUT2D eigenvalue weighted by Gasteiger charge is -2.28. The summed E-state index contributed by atoms with van der Waals surface area (Å²) >= 11 is 1.85. The first-order valence-electron chi connectivity index (χ1n) is 19.6. The molecule has 3 nitrogen and oxygen atoms in total. The number of hydrogen-bond acceptors (Lipinski definition) is 4. The van der Waals surface area contributed by atoms with Gasteiger partial charge in [0.1, 0.15) is 16.7 Å². The summed E-state index contributed by atoms with van der Waals surface area (Å²) in [6.07, 6.45) is 0. The van der Waals surface area contributed by atoms with Gasteiger partial charge in [0, 0.05) is 36.3 Å². The SMILES string of the molecule is c1ccc(-c2ccc3c(c2)oc2cccc(N(c4cccc5c4oc4ccccc45)c4cc(-c5ccccc5)cc5sc6cc(-c7ccccc7)ccc6c45)c23)cc1. The highest BCUT2D eigenvalue weighted by atomic mass is 32.1. The molecule has 0 spiro atoms. The standard InChI is InChI=1S/C54H33NO2S/c1-4-14-34(15-5-1)37-26-28-42-49(31-37)56-48-25-13-22-44(52(42)48)55(45-23-12-21-41-40-20-10-11-24-47(40)57-54(41)45)46-30-39(36-18-8-3-9-19-36)33-51-53(46)43-29-27-38(32-50(43)58-51)35-16-6-2-7-17-35/h1-33H. The monoisotopic (exact) mass is 759 g/mol. The van der Waals surface area contributed by atoms with Gasteiger partial charge in [0.2, 0.25) is 0 Å². The first kappa shape index (κ1) is 32.8. The zero-order valence-electron chi connectivity index (χ0n) is 31.2. The van der Waals surface area contributed by atoms with Crippen molar-refractivity contribution in [2.45, 2.75) is 0 Å². The molecule has 0 saturated heterocycles. The van der Waals surface area contributed by atoms with Gasteiger partial charge >= 0.3 is 0 Å². The molecule has 9 aromatic carbocycles. The summed E-state index contributed by atoms with van der Waals surface area (Å²) in [5.41, 5.74) is 13.4. The number of para-hydroxylation sites is 2. The largest absolute Gasteiger partial charge is 0.456 e. The first-order valence-corrected chi connectivity index (χ1v) is 20.4. The van der Waals surface area contributed by atoms with E-state index >= 15 is 0 Å². The van der Waals surface area contributed by atoms with Crippen LogP contribution in [0.3, 0.4) is 0 Å². The molecule has 0 bridgehead atoms. The molecule has 0 fully saturated rings. The Kier molecular flexibility index (Phi) is 7.40. The fourth-order valence-corrected chi connectivity index (χ4v) is 9.97. The van der Waals surface area contributed by atoms with Gasteiger partial charge in [-0.3, -0.25) is 0 Å². The molecule has 0 aliphatic carbocycles. The van der Waals surface area contributed by atoms with Crippen LogP contribution in [0, 0.1) is 0 Å². The summed E-state index contributed by atoms with van der Waals surface area (Å²) in [5, 5.41) is 6.70. The zero-order chi connectivity index (χ0) is 38.2. The minimum atomic E-state index is 0.831. The van der Waals surface area contributed by atoms with E-state index in [1.807, 2.05) is 17.4 Å². The van der Waals surface area contributed by atoms with E-state index < -0.39 is 0 Å². The molecule has 12 aromatic rings. The van der Waals surface area contributed by atoms with Gasteiger partial charge in [-0.05, 0) is 88.0 Å². The highest BCUT2D eigenvalue weighted by Crippen LogP contribution is 2.52. The quantitative estimate of drug-likeness (QED) is 0.169. The topological polar surface area (TPSA) is 29.5 Å². The predicted molar refractivity (Wildman–Crippen MR) is 245 cm³/mol. The molecule has 0 aliphatic rings. The number of benzene rings is 9. The smallest absolute Gasteiger partial charge is 0.159 e. The van der Waals surface area contributed by atoms with Crippen LogP contribution in [0.25, 0.3) is 97.4 Å². The molecule has 0 radical (unpaired) electrons. The molecule has 58 heavy (non-hydrogen) atoms. The average Bonchev–Trinajstić information content (AvgIpc) is 3.98. The van der Waals surface area contributed by atoms with Crippen molar-refractivity contribution in [1.82, 2.24) is 0 Å². The van der Waals surface area contributed by atoms with E-state index in [2.05, 4.69) is 199 Å². The number of fused-ring (bicyclic) bond motifs is 9. The third kappa shape index (κ3) is 5.19. The summed E-state index contributed by atoms with van der Waals surface area (Å²) in [6.45, 7) is 0. The highest BCUT2D eigenvalue weighted by molar-refractivity contribution is 7.26. The fourth-order valence-electron chi connectivity index (χ4n) is 8.77. The number of thiophene rings is 1. The molecule has 272 valence electrons. The summed E-state index contributed by atoms with van der Waals surface area (Å²) in [4.78, 5) is 2.43. The van der Waals surface area contributed by atoms with Crippen molar-refractivity contribution >= 4 is 92.4 Å². The maximum Gasteiger partial charge on any atom is 0.159 e. The second-order valence-corrected chi connectivity index (χ2v) is 15.9. The van der Waals surface area contributed by atoms with Crippen LogP contribution in [0.15, 0.2) is 209 Å². The molecular weight excluding hydrogens is 727 g/mol. The number of anilines is 3. The van der Waals surface area contributed by atoms with E-state index in [4.69, 9.17) is 8.83 Å². The molecule has 0 atom stereocenters. The second kappa shape index (κ2) is 13.1. The van der Waals surface area contributed by atoms with E-state index in [0.29, 0.717) is 0 Å². The van der Waals surface area contributed by atoms with E-state index in [1.165, 1.54) is 31.3 Å². The number of furan rings is 2. The van der Waals surface area contributed by atoms with Crippen LogP contribution < -0.4 is 4.90 Å². The summed E-state index contributed by atoms with van der Waals surface area (Å²) < 4.78 is 16.1. The maximum atomic E-state index is 6.85. The first-order chi connectivity index (χ1) is 28.7. The average molecular weight is 760 g/mol. The van der Waals surface area contributed by atoms with E-state index in [9.17, 15) is 0 Å². The van der Waals surface area contributed by atoms with Gasteiger partial charge in [-0.1, -0.05) is 146 Å². The third-order valence-corrected chi connectivity index (χ3v) is 12.6. The van der Waals surface area contributed by atoms with Crippen LogP contribution in [0.1, 0.15) is 0 Å². The highest BCUT2D eigenvalue weighted by Gasteiger charge is 2.27. The maximum absolute atomic E-state index is 6.85. The molecular formula is C54H33NO2S. The Hall–Kier alpha value is -7.40. The number of rotatable bonds is 6. The molecule has 0 aliphatic heterocycles. The van der Waals surface area contributed by atoms with Gasteiger partial charge in [0.25, 0.3) is 0 Å². The van der Waals surface area contributed by atoms with Crippen molar-refractivity contribution in [3.63, 3.8) is 0 Å². The van der Waals surface area contributed by atoms with Crippen LogP contribution in [0.4, 0.5) is 17.1 Å². The van der Waals surface area contributed by atoms with Crippen LogP contribution in [0.5, 0.6) is 0 Å². The summed E-state index contributed by atoms with van der Waals surface area (Å²) in [7, 11) is 0. The van der Waals surface area contributed by atoms with Crippen molar-refractivity contribution in [1.29, 1.82) is 0 Å². The van der Waals surface area contributed by atoms with E-state index in [1.54, 1.807) is 0 Å². The minimum Gasteiger partial charge on any atom is -0.456 e. The minimum absolute atomic E-state index is 0.831. The Labute approximate surface area is 338 Å². The molecule has 0 N–H and O–H groups in total. The predicted octanol–water partition coefficient (Wildman–Crippen LogP) is 16.3. The Bertz CT molecular complexity index is 3510. The van der Waals surface area contributed by atoms with Crippen LogP contribution in [0.2, 0.25) is 0 Å². The fraction of sp³-hybridized carbons (Fsp3) is 0. The zero-order valence-corrected chi connectivity index (χ0v) is 32.0. The molecule has 4 heteroatoms. The van der Waals surface area contributed by atoms with Gasteiger partial charge in [0.05, 0.1) is 22.4 Å². The van der Waals surface area contributed by atoms with Crippen molar-refractivity contribution in [3.05, 3.63) is 200 Å². The second-order valence-electron chi connectivity index (χ2n) is 14.8. The summed E-state index contributed by atoms with van der Waals surface area (Å²) in [6, 6.07) is 71.4. The molecule has 0 unspecified atom stereocenters. The molecule has 3 aromatic heterocycles. The Balaban J connectivity index is 1.19. The molecule has 0 amide bonds. The summed E-state index contributed by atoms with van der Waals surface area (Å²) in [5.74, 6) is 0. The van der Waals surface area contributed by atoms with Crippen LogP contribution in [-0.4, -0.2) is 0 Å². The Morgan fingerprint density at radius 3 is 1.66 bits per heavy atom. The third-order valence-electron chi connectivity index (χ3n) is 11.5. The van der Waals surface area contributed by atoms with Crippen molar-refractivity contribution in [3.8, 4) is 33.4 Å². The number of nitrogens with zero attached hydrogens (tertiary/aromatic N) is 1. The van der Waals surface area contributed by atoms with Gasteiger partial charge in [-0.15, -0.1) is 11.3 Å². The van der Waals surface area contributed by atoms with Crippen molar-refractivity contribution in [2.75, 3.05) is 4.90 Å². The van der Waals surface area contributed by atoms with Crippen LogP contribution >= 0.6 is 11.3 Å². The van der Waals surface area contributed by atoms with Crippen molar-refractivity contribution < 1.29 is 8.83 Å². The Morgan fingerprint density at radius 1 is 0.310 bits per heavy atom. The van der Waals surface area contributed by atoms with E-state index in [-0.39, 0.29) is 0 Å². The van der Waals surface area contributed by atoms with Crippen LogP contribution in [-0.2, 0) is 0 Å². The van der Waals surface area contributed by atoms with Crippen molar-refractivity contribution in [2.24, 2.45) is 0 Å². The molecule has 3 heterocycles. The lowest BCUT2D eigenvalue weighted by molar-refractivity contribution is 0.668. The normalized spacial score (nSPS) is 11.8. The molecule has 12 rings (SSSR count). The number of hydrogen-bond donors (Lipinski definition) is 0. The van der Waals surface area contributed by atoms with Gasteiger partial charge in [-0.25, -0.2) is 0 Å². The Morgan fingerprint density at radius 2 is 0.897 bits per heavy atom.